The summed E-state index contributed by atoms with van der Waals surface area (Å²) in [4.78, 5) is 31.4. The quantitative estimate of drug-likeness (QED) is 0.513. The van der Waals surface area contributed by atoms with Gasteiger partial charge in [0.25, 0.3) is 0 Å². The standard InChI is InChI=1S/C16H16N6O3S/c1-9(23)20-12-4-3-11(25-2)5-13(12)21-14(24)8-26-16-19-7-10(6-17)15(18)22-16/h3-5,7H,8H2,1-2H3,(H,20,23)(H,21,24)(H2,18,19,22). The second-order valence-corrected chi connectivity index (χ2v) is 5.94. The average molecular weight is 372 g/mol. The minimum atomic E-state index is -0.332. The summed E-state index contributed by atoms with van der Waals surface area (Å²) >= 11 is 1.07. The lowest BCUT2D eigenvalue weighted by molar-refractivity contribution is -0.115. The summed E-state index contributed by atoms with van der Waals surface area (Å²) in [5, 5.41) is 14.4. The van der Waals surface area contributed by atoms with Crippen LogP contribution in [0.15, 0.2) is 29.6 Å². The highest BCUT2D eigenvalue weighted by atomic mass is 32.2. The van der Waals surface area contributed by atoms with Gasteiger partial charge in [0.1, 0.15) is 23.2 Å². The van der Waals surface area contributed by atoms with E-state index in [4.69, 9.17) is 15.7 Å². The van der Waals surface area contributed by atoms with E-state index in [1.807, 2.05) is 6.07 Å². The Labute approximate surface area is 154 Å². The first-order chi connectivity index (χ1) is 12.4. The Hall–Kier alpha value is -3.32. The number of nitrogens with two attached hydrogens (primary N) is 1. The van der Waals surface area contributed by atoms with Crippen molar-refractivity contribution in [2.75, 3.05) is 29.2 Å². The van der Waals surface area contributed by atoms with E-state index in [9.17, 15) is 9.59 Å². The molecular formula is C16H16N6O3S. The highest BCUT2D eigenvalue weighted by Crippen LogP contribution is 2.27. The molecule has 26 heavy (non-hydrogen) atoms. The molecule has 0 aliphatic heterocycles. The molecule has 1 heterocycles. The summed E-state index contributed by atoms with van der Waals surface area (Å²) in [5.74, 6) is 0.0153. The van der Waals surface area contributed by atoms with Gasteiger partial charge in [-0.25, -0.2) is 9.97 Å². The van der Waals surface area contributed by atoms with E-state index in [-0.39, 0.29) is 34.1 Å². The summed E-state index contributed by atoms with van der Waals surface area (Å²) in [6.07, 6.45) is 1.31. The first kappa shape index (κ1) is 19.0. The molecule has 2 amide bonds. The molecule has 0 aliphatic rings. The fourth-order valence-electron chi connectivity index (χ4n) is 1.90. The number of ether oxygens (including phenoxy) is 1. The van der Waals surface area contributed by atoms with Gasteiger partial charge in [0, 0.05) is 13.0 Å². The van der Waals surface area contributed by atoms with Gasteiger partial charge in [0.2, 0.25) is 11.8 Å². The number of rotatable bonds is 6. The van der Waals surface area contributed by atoms with Gasteiger partial charge >= 0.3 is 0 Å². The minimum Gasteiger partial charge on any atom is -0.497 e. The molecule has 0 saturated carbocycles. The fourth-order valence-corrected chi connectivity index (χ4v) is 2.53. The van der Waals surface area contributed by atoms with Gasteiger partial charge in [0.05, 0.1) is 30.4 Å². The third-order valence-corrected chi connectivity index (χ3v) is 3.92. The number of carbonyl (C=O) groups excluding carboxylic acids is 2. The van der Waals surface area contributed by atoms with E-state index in [0.717, 1.165) is 11.8 Å². The molecule has 0 bridgehead atoms. The van der Waals surface area contributed by atoms with Crippen LogP contribution in [0.1, 0.15) is 12.5 Å². The highest BCUT2D eigenvalue weighted by molar-refractivity contribution is 7.99. The number of hydrogen-bond acceptors (Lipinski definition) is 8. The molecule has 2 aromatic rings. The SMILES string of the molecule is COc1ccc(NC(C)=O)c(NC(=O)CSc2ncc(C#N)c(N)n2)c1. The van der Waals surface area contributed by atoms with Crippen LogP contribution in [0.2, 0.25) is 0 Å². The second kappa shape index (κ2) is 8.68. The Kier molecular flexibility index (Phi) is 6.35. The summed E-state index contributed by atoms with van der Waals surface area (Å²) in [5.41, 5.74) is 6.66. The zero-order valence-corrected chi connectivity index (χ0v) is 14.9. The predicted octanol–water partition coefficient (Wildman–Crippen LogP) is 1.63. The number of methoxy groups -OCH3 is 1. The van der Waals surface area contributed by atoms with E-state index in [2.05, 4.69) is 20.6 Å². The number of nitriles is 1. The van der Waals surface area contributed by atoms with Crippen LogP contribution in [0, 0.1) is 11.3 Å². The minimum absolute atomic E-state index is 0.0159. The lowest BCUT2D eigenvalue weighted by atomic mass is 10.2. The van der Waals surface area contributed by atoms with Crippen molar-refractivity contribution >= 4 is 40.8 Å². The van der Waals surface area contributed by atoms with Gasteiger partial charge in [-0.15, -0.1) is 0 Å². The van der Waals surface area contributed by atoms with Crippen LogP contribution in [0.3, 0.4) is 0 Å². The Morgan fingerprint density at radius 1 is 1.35 bits per heavy atom. The molecule has 0 saturated heterocycles. The van der Waals surface area contributed by atoms with Crippen molar-refractivity contribution in [2.45, 2.75) is 12.1 Å². The third-order valence-electron chi connectivity index (χ3n) is 3.06. The van der Waals surface area contributed by atoms with Crippen LogP contribution < -0.4 is 21.1 Å². The van der Waals surface area contributed by atoms with Crippen LogP contribution >= 0.6 is 11.8 Å². The van der Waals surface area contributed by atoms with Gasteiger partial charge in [0.15, 0.2) is 5.16 Å². The number of nitrogen functional groups attached to an aromatic ring is 1. The number of thioether (sulfide) groups is 1. The predicted molar refractivity (Wildman–Crippen MR) is 97.8 cm³/mol. The van der Waals surface area contributed by atoms with Crippen molar-refractivity contribution in [3.8, 4) is 11.8 Å². The number of hydrogen-bond donors (Lipinski definition) is 3. The molecule has 1 aromatic carbocycles. The molecule has 0 aliphatic carbocycles. The molecule has 10 heteroatoms. The summed E-state index contributed by atoms with van der Waals surface area (Å²) < 4.78 is 5.13. The number of anilines is 3. The molecule has 1 aromatic heterocycles. The number of nitrogens with zero attached hydrogens (tertiary/aromatic N) is 3. The van der Waals surface area contributed by atoms with E-state index in [0.29, 0.717) is 17.1 Å². The summed E-state index contributed by atoms with van der Waals surface area (Å²) in [6.45, 7) is 1.37. The maximum Gasteiger partial charge on any atom is 0.234 e. The molecule has 9 nitrogen and oxygen atoms in total. The topological polar surface area (TPSA) is 143 Å². The smallest absolute Gasteiger partial charge is 0.234 e. The van der Waals surface area contributed by atoms with Crippen molar-refractivity contribution < 1.29 is 14.3 Å². The van der Waals surface area contributed by atoms with Gasteiger partial charge in [-0.1, -0.05) is 11.8 Å². The Morgan fingerprint density at radius 3 is 2.73 bits per heavy atom. The summed E-state index contributed by atoms with van der Waals surface area (Å²) in [6, 6.07) is 6.77. The first-order valence-electron chi connectivity index (χ1n) is 7.33. The van der Waals surface area contributed by atoms with Crippen molar-refractivity contribution in [3.05, 3.63) is 30.0 Å². The van der Waals surface area contributed by atoms with Gasteiger partial charge < -0.3 is 21.1 Å². The number of aromatic nitrogens is 2. The molecule has 0 atom stereocenters. The number of carbonyl (C=O) groups is 2. The van der Waals surface area contributed by atoms with Gasteiger partial charge in [-0.05, 0) is 12.1 Å². The summed E-state index contributed by atoms with van der Waals surface area (Å²) in [7, 11) is 1.50. The van der Waals surface area contributed by atoms with E-state index >= 15 is 0 Å². The molecule has 0 radical (unpaired) electrons. The van der Waals surface area contributed by atoms with Crippen molar-refractivity contribution in [2.24, 2.45) is 0 Å². The largest absolute Gasteiger partial charge is 0.497 e. The normalized spacial score (nSPS) is 9.88. The lowest BCUT2D eigenvalue weighted by Gasteiger charge is -2.13. The van der Waals surface area contributed by atoms with Gasteiger partial charge in [-0.2, -0.15) is 5.26 Å². The van der Waals surface area contributed by atoms with E-state index < -0.39 is 0 Å². The van der Waals surface area contributed by atoms with Gasteiger partial charge in [-0.3, -0.25) is 9.59 Å². The molecule has 0 unspecified atom stereocenters. The third kappa shape index (κ3) is 5.09. The molecule has 0 fully saturated rings. The lowest BCUT2D eigenvalue weighted by Crippen LogP contribution is -2.17. The van der Waals surface area contributed by atoms with Crippen LogP contribution in [-0.2, 0) is 9.59 Å². The molecule has 2 rings (SSSR count). The molecular weight excluding hydrogens is 356 g/mol. The highest BCUT2D eigenvalue weighted by Gasteiger charge is 2.12. The fraction of sp³-hybridized carbons (Fsp3) is 0.188. The Balaban J connectivity index is 2.06. The Morgan fingerprint density at radius 2 is 2.12 bits per heavy atom. The molecule has 4 N–H and O–H groups in total. The van der Waals surface area contributed by atoms with Crippen molar-refractivity contribution in [1.82, 2.24) is 9.97 Å². The van der Waals surface area contributed by atoms with E-state index in [1.54, 1.807) is 18.2 Å². The Bertz CT molecular complexity index is 881. The molecule has 134 valence electrons. The van der Waals surface area contributed by atoms with E-state index in [1.165, 1.54) is 20.2 Å². The number of benzene rings is 1. The van der Waals surface area contributed by atoms with Crippen LogP contribution in [0.5, 0.6) is 5.75 Å². The molecule has 0 spiro atoms. The zero-order chi connectivity index (χ0) is 19.1. The van der Waals surface area contributed by atoms with Crippen molar-refractivity contribution in [3.63, 3.8) is 0 Å². The van der Waals surface area contributed by atoms with Crippen LogP contribution in [0.4, 0.5) is 17.2 Å². The second-order valence-electron chi connectivity index (χ2n) is 4.99. The average Bonchev–Trinajstić information content (AvgIpc) is 2.61. The maximum atomic E-state index is 12.2. The number of amides is 2. The van der Waals surface area contributed by atoms with Crippen LogP contribution in [0.25, 0.3) is 0 Å². The van der Waals surface area contributed by atoms with Crippen molar-refractivity contribution in [1.29, 1.82) is 5.26 Å². The zero-order valence-electron chi connectivity index (χ0n) is 14.1. The number of nitrogens with one attached hydrogen (secondary N) is 2. The monoisotopic (exact) mass is 372 g/mol. The first-order valence-corrected chi connectivity index (χ1v) is 8.32. The van der Waals surface area contributed by atoms with Crippen LogP contribution in [-0.4, -0.2) is 34.6 Å². The maximum absolute atomic E-state index is 12.2.